The Hall–Kier alpha value is -3.49. The van der Waals surface area contributed by atoms with Crippen LogP contribution in [0.2, 0.25) is 0 Å². The number of amides is 2. The third-order valence-electron chi connectivity index (χ3n) is 6.00. The number of carbonyl (C=O) groups excluding carboxylic acids is 2. The van der Waals surface area contributed by atoms with Gasteiger partial charge in [0, 0.05) is 68.6 Å². The van der Waals surface area contributed by atoms with Crippen LogP contribution in [0.15, 0.2) is 47.5 Å². The topological polar surface area (TPSA) is 122 Å². The van der Waals surface area contributed by atoms with Gasteiger partial charge in [-0.1, -0.05) is 13.0 Å². The molecule has 9 heteroatoms. The van der Waals surface area contributed by atoms with Crippen LogP contribution in [-0.2, 0) is 9.59 Å². The lowest BCUT2D eigenvalue weighted by atomic mass is 9.78. The fourth-order valence-corrected chi connectivity index (χ4v) is 4.68. The Morgan fingerprint density at radius 3 is 2.52 bits per heavy atom. The van der Waals surface area contributed by atoms with Gasteiger partial charge in [-0.2, -0.15) is 0 Å². The molecule has 2 aliphatic heterocycles. The molecule has 0 radical (unpaired) electrons. The van der Waals surface area contributed by atoms with Crippen LogP contribution < -0.4 is 10.9 Å². The molecule has 0 aromatic carbocycles. The highest BCUT2D eigenvalue weighted by molar-refractivity contribution is 5.94. The third kappa shape index (κ3) is 5.85. The van der Waals surface area contributed by atoms with E-state index in [1.165, 1.54) is 0 Å². The summed E-state index contributed by atoms with van der Waals surface area (Å²) < 4.78 is 1.85. The number of carboxylic acid groups (broad SMARTS) is 1. The summed E-state index contributed by atoms with van der Waals surface area (Å²) >= 11 is 0. The first-order valence-electron chi connectivity index (χ1n) is 11.2. The van der Waals surface area contributed by atoms with Gasteiger partial charge in [0.2, 0.25) is 5.91 Å². The zero-order chi connectivity index (χ0) is 24.0. The van der Waals surface area contributed by atoms with Crippen LogP contribution in [0.25, 0.3) is 0 Å². The van der Waals surface area contributed by atoms with Crippen molar-refractivity contribution in [2.45, 2.75) is 45.1 Å². The monoisotopic (exact) mass is 454 g/mol. The maximum Gasteiger partial charge on any atom is 0.300 e. The summed E-state index contributed by atoms with van der Waals surface area (Å²) in [6.45, 7) is 4.63. The van der Waals surface area contributed by atoms with Crippen LogP contribution in [0.4, 0.5) is 0 Å². The molecule has 2 N–H and O–H groups in total. The Kier molecular flexibility index (Phi) is 7.97. The molecule has 0 unspecified atom stereocenters. The number of likely N-dealkylation sites (tertiary alicyclic amines) is 1. The molecule has 3 atom stereocenters. The molecule has 4 heterocycles. The van der Waals surface area contributed by atoms with Crippen molar-refractivity contribution in [3.8, 4) is 0 Å². The quantitative estimate of drug-likeness (QED) is 0.713. The minimum Gasteiger partial charge on any atom is -0.481 e. The van der Waals surface area contributed by atoms with Crippen LogP contribution in [0, 0.1) is 5.92 Å². The Balaban J connectivity index is 0.000000709. The Morgan fingerprint density at radius 2 is 1.85 bits per heavy atom. The van der Waals surface area contributed by atoms with Crippen molar-refractivity contribution in [1.29, 1.82) is 0 Å². The van der Waals surface area contributed by atoms with E-state index in [9.17, 15) is 14.4 Å². The molecule has 0 saturated carbocycles. The van der Waals surface area contributed by atoms with Crippen molar-refractivity contribution in [1.82, 2.24) is 19.8 Å². The lowest BCUT2D eigenvalue weighted by Gasteiger charge is -2.47. The van der Waals surface area contributed by atoms with Gasteiger partial charge in [-0.05, 0) is 37.0 Å². The zero-order valence-corrected chi connectivity index (χ0v) is 18.9. The smallest absolute Gasteiger partial charge is 0.300 e. The van der Waals surface area contributed by atoms with Crippen molar-refractivity contribution in [3.05, 3.63) is 64.3 Å². The molecule has 0 spiro atoms. The van der Waals surface area contributed by atoms with Crippen molar-refractivity contribution in [2.24, 2.45) is 5.92 Å². The molecule has 2 aromatic heterocycles. The number of hydrogen-bond donors (Lipinski definition) is 2. The molecule has 1 saturated heterocycles. The average molecular weight is 455 g/mol. The summed E-state index contributed by atoms with van der Waals surface area (Å²) in [5.41, 5.74) is 1.54. The number of piperidine rings is 1. The normalized spacial score (nSPS) is 20.7. The predicted molar refractivity (Wildman–Crippen MR) is 122 cm³/mol. The second kappa shape index (κ2) is 10.9. The maximum absolute atomic E-state index is 13.0. The van der Waals surface area contributed by atoms with Gasteiger partial charge in [0.1, 0.15) is 0 Å². The van der Waals surface area contributed by atoms with Crippen molar-refractivity contribution in [2.75, 3.05) is 19.6 Å². The molecule has 2 bridgehead atoms. The Morgan fingerprint density at radius 1 is 1.15 bits per heavy atom. The van der Waals surface area contributed by atoms with Crippen molar-refractivity contribution >= 4 is 17.8 Å². The van der Waals surface area contributed by atoms with Crippen LogP contribution in [0.5, 0.6) is 0 Å². The molecule has 2 aliphatic rings. The number of fused-ring (bicyclic) bond motifs is 4. The molecule has 0 aliphatic carbocycles. The second-order valence-corrected chi connectivity index (χ2v) is 8.44. The van der Waals surface area contributed by atoms with Gasteiger partial charge in [-0.25, -0.2) is 0 Å². The highest BCUT2D eigenvalue weighted by atomic mass is 16.4. The van der Waals surface area contributed by atoms with Crippen molar-refractivity contribution < 1.29 is 19.5 Å². The standard InChI is InChI=1S/C22H26N4O3.C2H4O2/c1-2-4-20(27)24-12-19-17-11-16(18-5-3-6-21(28)26(18)19)13-25(14-17)22(29)15-7-9-23-10-8-15;1-2(3)4/h3,5-10,16-17,19H,2,4,11-14H2,1H3,(H,24,27);1H3,(H,3,4)/t16-,17+,19+;/m1./s1. The number of aromatic nitrogens is 2. The van der Waals surface area contributed by atoms with E-state index in [2.05, 4.69) is 10.3 Å². The van der Waals surface area contributed by atoms with E-state index in [1.54, 1.807) is 36.7 Å². The first kappa shape index (κ1) is 24.2. The SMILES string of the molecule is CC(=O)O.CCCC(=O)NC[C@H]1[C@H]2C[C@H](CN(C(=O)c3ccncc3)C2)c2cccc(=O)n21. The summed E-state index contributed by atoms with van der Waals surface area (Å²) in [5.74, 6) is -0.603. The number of nitrogens with zero attached hydrogens (tertiary/aromatic N) is 3. The molecular weight excluding hydrogens is 424 g/mol. The molecule has 1 fully saturated rings. The third-order valence-corrected chi connectivity index (χ3v) is 6.00. The summed E-state index contributed by atoms with van der Waals surface area (Å²) in [6, 6.07) is 8.64. The first-order valence-corrected chi connectivity index (χ1v) is 11.2. The van der Waals surface area contributed by atoms with Gasteiger partial charge in [-0.3, -0.25) is 24.2 Å². The van der Waals surface area contributed by atoms with Crippen molar-refractivity contribution in [3.63, 3.8) is 0 Å². The number of aliphatic carboxylic acids is 1. The number of carboxylic acids is 1. The lowest BCUT2D eigenvalue weighted by molar-refractivity contribution is -0.134. The fraction of sp³-hybridized carbons (Fsp3) is 0.458. The first-order chi connectivity index (χ1) is 15.8. The van der Waals surface area contributed by atoms with Crippen LogP contribution >= 0.6 is 0 Å². The second-order valence-electron chi connectivity index (χ2n) is 8.44. The van der Waals surface area contributed by atoms with Crippen LogP contribution in [0.3, 0.4) is 0 Å². The lowest BCUT2D eigenvalue weighted by Crippen LogP contribution is -2.53. The molecule has 9 nitrogen and oxygen atoms in total. The molecule has 4 rings (SSSR count). The minimum atomic E-state index is -0.833. The average Bonchev–Trinajstić information content (AvgIpc) is 2.79. The number of hydrogen-bond acceptors (Lipinski definition) is 5. The van der Waals surface area contributed by atoms with E-state index < -0.39 is 5.97 Å². The summed E-state index contributed by atoms with van der Waals surface area (Å²) in [6.07, 6.45) is 5.42. The highest BCUT2D eigenvalue weighted by Crippen LogP contribution is 2.41. The number of nitrogens with one attached hydrogen (secondary N) is 1. The van der Waals surface area contributed by atoms with Gasteiger partial charge in [0.25, 0.3) is 17.4 Å². The zero-order valence-electron chi connectivity index (χ0n) is 18.9. The summed E-state index contributed by atoms with van der Waals surface area (Å²) in [7, 11) is 0. The van der Waals surface area contributed by atoms with Crippen LogP contribution in [-0.4, -0.2) is 57.0 Å². The summed E-state index contributed by atoms with van der Waals surface area (Å²) in [5, 5.41) is 10.4. The molecule has 2 amide bonds. The Bertz CT molecular complexity index is 1050. The molecular formula is C24H30N4O5. The maximum atomic E-state index is 13.0. The van der Waals surface area contributed by atoms with E-state index in [4.69, 9.17) is 9.90 Å². The van der Waals surface area contributed by atoms with Gasteiger partial charge >= 0.3 is 0 Å². The van der Waals surface area contributed by atoms with Gasteiger partial charge < -0.3 is 19.9 Å². The number of carbonyl (C=O) groups is 3. The van der Waals surface area contributed by atoms with Gasteiger partial charge in [0.05, 0.1) is 6.04 Å². The van der Waals surface area contributed by atoms with E-state index in [-0.39, 0.29) is 35.3 Å². The molecule has 33 heavy (non-hydrogen) atoms. The summed E-state index contributed by atoms with van der Waals surface area (Å²) in [4.78, 5) is 52.6. The number of rotatable bonds is 5. The Labute approximate surface area is 192 Å². The van der Waals surface area contributed by atoms with Gasteiger partial charge in [-0.15, -0.1) is 0 Å². The highest BCUT2D eigenvalue weighted by Gasteiger charge is 2.41. The van der Waals surface area contributed by atoms with E-state index in [0.717, 1.165) is 25.5 Å². The minimum absolute atomic E-state index is 0.000631. The van der Waals surface area contributed by atoms with E-state index in [1.807, 2.05) is 22.5 Å². The fourth-order valence-electron chi connectivity index (χ4n) is 4.68. The van der Waals surface area contributed by atoms with E-state index in [0.29, 0.717) is 31.6 Å². The predicted octanol–water partition coefficient (Wildman–Crippen LogP) is 2.05. The van der Waals surface area contributed by atoms with E-state index >= 15 is 0 Å². The molecule has 176 valence electrons. The van der Waals surface area contributed by atoms with Gasteiger partial charge in [0.15, 0.2) is 0 Å². The van der Waals surface area contributed by atoms with Crippen LogP contribution in [0.1, 0.15) is 61.1 Å². The number of pyridine rings is 2. The largest absolute Gasteiger partial charge is 0.481 e. The molecule has 2 aromatic rings.